The van der Waals surface area contributed by atoms with E-state index in [1.807, 2.05) is 0 Å². The van der Waals surface area contributed by atoms with Gasteiger partial charge in [0.2, 0.25) is 0 Å². The van der Waals surface area contributed by atoms with E-state index in [-0.39, 0.29) is 24.3 Å². The van der Waals surface area contributed by atoms with Gasteiger partial charge in [-0.3, -0.25) is 4.79 Å². The van der Waals surface area contributed by atoms with Crippen LogP contribution in [0.2, 0.25) is 0 Å². The molecule has 1 fully saturated rings. The monoisotopic (exact) mass is 277 g/mol. The van der Waals surface area contributed by atoms with Crippen molar-refractivity contribution < 1.29 is 19.2 Å². The number of nitrogens with two attached hydrogens (primary N) is 2. The van der Waals surface area contributed by atoms with Gasteiger partial charge in [0, 0.05) is 5.56 Å². The minimum Gasteiger partial charge on any atom is -0.484 e. The van der Waals surface area contributed by atoms with Crippen LogP contribution in [0, 0.1) is 5.92 Å². The number of rotatable bonds is 6. The van der Waals surface area contributed by atoms with Gasteiger partial charge in [0.1, 0.15) is 5.75 Å². The number of oxime groups is 1. The number of carbonyl (C=O) groups is 2. The molecule has 1 aliphatic carbocycles. The van der Waals surface area contributed by atoms with Crippen LogP contribution in [-0.4, -0.2) is 24.3 Å². The average molecular weight is 277 g/mol. The second kappa shape index (κ2) is 6.05. The Morgan fingerprint density at radius 1 is 1.20 bits per heavy atom. The first kappa shape index (κ1) is 13.9. The third-order valence-corrected chi connectivity index (χ3v) is 2.68. The summed E-state index contributed by atoms with van der Waals surface area (Å²) in [5.41, 5.74) is 11.2. The molecule has 1 saturated carbocycles. The molecule has 4 N–H and O–H groups in total. The van der Waals surface area contributed by atoms with E-state index >= 15 is 0 Å². The van der Waals surface area contributed by atoms with E-state index in [9.17, 15) is 9.59 Å². The maximum Gasteiger partial charge on any atom is 0.338 e. The molecule has 0 saturated heterocycles. The minimum atomic E-state index is -0.554. The molecule has 1 aliphatic rings. The minimum absolute atomic E-state index is 0.0314. The summed E-state index contributed by atoms with van der Waals surface area (Å²) in [5, 5.41) is 3.59. The standard InChI is InChI=1S/C13H15N3O4/c14-11(17)7-19-10-5-3-8(4-6-10)12(15)16-20-13(18)9-1-2-9/h3-6,9H,1-2,7H2,(H2,14,17)(H2,15,16). The topological polar surface area (TPSA) is 117 Å². The smallest absolute Gasteiger partial charge is 0.338 e. The van der Waals surface area contributed by atoms with Gasteiger partial charge in [-0.05, 0) is 37.1 Å². The zero-order valence-corrected chi connectivity index (χ0v) is 10.7. The number of hydrogen-bond acceptors (Lipinski definition) is 5. The van der Waals surface area contributed by atoms with Crippen LogP contribution in [0.4, 0.5) is 0 Å². The first-order valence-electron chi connectivity index (χ1n) is 6.12. The normalized spacial score (nSPS) is 14.7. The zero-order chi connectivity index (χ0) is 14.5. The summed E-state index contributed by atoms with van der Waals surface area (Å²) < 4.78 is 5.10. The van der Waals surface area contributed by atoms with Gasteiger partial charge in [0.25, 0.3) is 5.91 Å². The molecule has 1 amide bonds. The third kappa shape index (κ3) is 3.98. The second-order valence-electron chi connectivity index (χ2n) is 4.44. The van der Waals surface area contributed by atoms with Crippen LogP contribution < -0.4 is 16.2 Å². The van der Waals surface area contributed by atoms with Gasteiger partial charge in [0.15, 0.2) is 12.4 Å². The highest BCUT2D eigenvalue weighted by atomic mass is 16.7. The van der Waals surface area contributed by atoms with Crippen LogP contribution >= 0.6 is 0 Å². The van der Waals surface area contributed by atoms with E-state index in [1.165, 1.54) is 0 Å². The predicted molar refractivity (Wildman–Crippen MR) is 70.7 cm³/mol. The van der Waals surface area contributed by atoms with Crippen molar-refractivity contribution in [1.29, 1.82) is 0 Å². The van der Waals surface area contributed by atoms with Gasteiger partial charge in [-0.1, -0.05) is 5.16 Å². The van der Waals surface area contributed by atoms with E-state index in [0.29, 0.717) is 11.3 Å². The number of benzene rings is 1. The first-order valence-corrected chi connectivity index (χ1v) is 6.12. The van der Waals surface area contributed by atoms with E-state index in [4.69, 9.17) is 21.0 Å². The maximum absolute atomic E-state index is 11.3. The van der Waals surface area contributed by atoms with Gasteiger partial charge in [-0.2, -0.15) is 0 Å². The molecule has 0 aromatic heterocycles. The molecule has 7 nitrogen and oxygen atoms in total. The maximum atomic E-state index is 11.3. The fourth-order valence-corrected chi connectivity index (χ4v) is 1.42. The van der Waals surface area contributed by atoms with E-state index < -0.39 is 5.91 Å². The molecule has 20 heavy (non-hydrogen) atoms. The molecule has 0 bridgehead atoms. The van der Waals surface area contributed by atoms with Crippen molar-refractivity contribution >= 4 is 17.7 Å². The number of ether oxygens (including phenoxy) is 1. The lowest BCUT2D eigenvalue weighted by Crippen LogP contribution is -2.20. The second-order valence-corrected chi connectivity index (χ2v) is 4.44. The van der Waals surface area contributed by atoms with Crippen LogP contribution in [0.1, 0.15) is 18.4 Å². The Kier molecular flexibility index (Phi) is 4.19. The molecule has 0 atom stereocenters. The third-order valence-electron chi connectivity index (χ3n) is 2.68. The van der Waals surface area contributed by atoms with Crippen molar-refractivity contribution in [3.63, 3.8) is 0 Å². The number of amides is 1. The van der Waals surface area contributed by atoms with Gasteiger partial charge < -0.3 is 21.0 Å². The number of amidine groups is 1. The summed E-state index contributed by atoms with van der Waals surface area (Å²) in [6.45, 7) is -0.193. The molecular weight excluding hydrogens is 262 g/mol. The van der Waals surface area contributed by atoms with Crippen LogP contribution in [-0.2, 0) is 14.4 Å². The summed E-state index contributed by atoms with van der Waals surface area (Å²) in [5.74, 6) is -0.358. The van der Waals surface area contributed by atoms with Gasteiger partial charge >= 0.3 is 5.97 Å². The van der Waals surface area contributed by atoms with Gasteiger partial charge in [0.05, 0.1) is 5.92 Å². The quantitative estimate of drug-likeness (QED) is 0.331. The fraction of sp³-hybridized carbons (Fsp3) is 0.308. The van der Waals surface area contributed by atoms with Crippen molar-refractivity contribution in [2.24, 2.45) is 22.5 Å². The summed E-state index contributed by atoms with van der Waals surface area (Å²) in [6.07, 6.45) is 1.69. The molecule has 1 aromatic carbocycles. The van der Waals surface area contributed by atoms with Crippen LogP contribution in [0.3, 0.4) is 0 Å². The summed E-state index contributed by atoms with van der Waals surface area (Å²) in [7, 11) is 0. The molecule has 1 aromatic rings. The highest BCUT2D eigenvalue weighted by Crippen LogP contribution is 2.30. The summed E-state index contributed by atoms with van der Waals surface area (Å²) in [4.78, 5) is 26.6. The predicted octanol–water partition coefficient (Wildman–Crippen LogP) is 0.124. The first-order chi connectivity index (χ1) is 9.56. The molecule has 0 spiro atoms. The van der Waals surface area contributed by atoms with Crippen LogP contribution in [0.5, 0.6) is 5.75 Å². The molecular formula is C13H15N3O4. The highest BCUT2D eigenvalue weighted by molar-refractivity contribution is 5.97. The van der Waals surface area contributed by atoms with Crippen molar-refractivity contribution in [2.45, 2.75) is 12.8 Å². The molecule has 106 valence electrons. The Balaban J connectivity index is 1.92. The average Bonchev–Trinajstić information content (AvgIpc) is 3.27. The summed E-state index contributed by atoms with van der Waals surface area (Å²) >= 11 is 0. The van der Waals surface area contributed by atoms with Crippen molar-refractivity contribution in [2.75, 3.05) is 6.61 Å². The highest BCUT2D eigenvalue weighted by Gasteiger charge is 2.31. The Morgan fingerprint density at radius 3 is 2.40 bits per heavy atom. The van der Waals surface area contributed by atoms with Crippen molar-refractivity contribution in [3.05, 3.63) is 29.8 Å². The van der Waals surface area contributed by atoms with Crippen molar-refractivity contribution in [3.8, 4) is 5.75 Å². The Labute approximate surface area is 115 Å². The van der Waals surface area contributed by atoms with Gasteiger partial charge in [-0.15, -0.1) is 0 Å². The lowest BCUT2D eigenvalue weighted by atomic mass is 10.2. The molecule has 0 heterocycles. The zero-order valence-electron chi connectivity index (χ0n) is 10.7. The molecule has 0 aliphatic heterocycles. The summed E-state index contributed by atoms with van der Waals surface area (Å²) in [6, 6.07) is 6.51. The van der Waals surface area contributed by atoms with Gasteiger partial charge in [-0.25, -0.2) is 4.79 Å². The molecule has 0 radical (unpaired) electrons. The van der Waals surface area contributed by atoms with Crippen molar-refractivity contribution in [1.82, 2.24) is 0 Å². The lowest BCUT2D eigenvalue weighted by Gasteiger charge is -2.05. The van der Waals surface area contributed by atoms with E-state index in [1.54, 1.807) is 24.3 Å². The van der Waals surface area contributed by atoms with E-state index in [2.05, 4.69) is 5.16 Å². The largest absolute Gasteiger partial charge is 0.484 e. The fourth-order valence-electron chi connectivity index (χ4n) is 1.42. The number of hydrogen-bond donors (Lipinski definition) is 2. The molecule has 2 rings (SSSR count). The number of carbonyl (C=O) groups excluding carboxylic acids is 2. The molecule has 7 heteroatoms. The van der Waals surface area contributed by atoms with Crippen LogP contribution in [0.15, 0.2) is 29.4 Å². The van der Waals surface area contributed by atoms with E-state index in [0.717, 1.165) is 12.8 Å². The number of nitrogens with zero attached hydrogens (tertiary/aromatic N) is 1. The Morgan fingerprint density at radius 2 is 1.85 bits per heavy atom. The number of primary amides is 1. The lowest BCUT2D eigenvalue weighted by molar-refractivity contribution is -0.145. The molecule has 0 unspecified atom stereocenters. The Hall–Kier alpha value is -2.57. The Bertz CT molecular complexity index is 535. The van der Waals surface area contributed by atoms with Crippen LogP contribution in [0.25, 0.3) is 0 Å². The SMILES string of the molecule is NC(=O)COc1ccc(/C(N)=N/OC(=O)C2CC2)cc1.